The molecule has 0 N–H and O–H groups in total. The third kappa shape index (κ3) is 65.1. The van der Waals surface area contributed by atoms with Gasteiger partial charge in [0.1, 0.15) is 13.2 Å². The van der Waals surface area contributed by atoms with E-state index >= 15 is 0 Å². The van der Waals surface area contributed by atoms with Gasteiger partial charge in [0.05, 0.1) is 0 Å². The number of rotatable bonds is 62. The first-order valence-electron chi connectivity index (χ1n) is 34.2. The van der Waals surface area contributed by atoms with Crippen LogP contribution in [0.2, 0.25) is 0 Å². The number of ether oxygens (including phenoxy) is 3. The maximum absolute atomic E-state index is 12.9. The number of allylic oxidation sites excluding steroid dienone is 16. The van der Waals surface area contributed by atoms with Gasteiger partial charge in [0.25, 0.3) is 0 Å². The zero-order chi connectivity index (χ0) is 57.8. The summed E-state index contributed by atoms with van der Waals surface area (Å²) in [6, 6.07) is 0. The lowest BCUT2D eigenvalue weighted by atomic mass is 10.0. The highest BCUT2D eigenvalue weighted by atomic mass is 16.6. The van der Waals surface area contributed by atoms with Crippen molar-refractivity contribution in [2.24, 2.45) is 0 Å². The first-order valence-corrected chi connectivity index (χ1v) is 34.2. The van der Waals surface area contributed by atoms with E-state index in [0.717, 1.165) is 109 Å². The molecule has 6 nitrogen and oxygen atoms in total. The van der Waals surface area contributed by atoms with Crippen LogP contribution >= 0.6 is 0 Å². The highest BCUT2D eigenvalue weighted by molar-refractivity contribution is 5.71. The molecule has 0 spiro atoms. The Morgan fingerprint density at radius 3 is 0.863 bits per heavy atom. The van der Waals surface area contributed by atoms with E-state index in [-0.39, 0.29) is 37.5 Å². The Labute approximate surface area is 496 Å². The molecule has 0 aromatic rings. The van der Waals surface area contributed by atoms with Gasteiger partial charge in [-0.2, -0.15) is 0 Å². The summed E-state index contributed by atoms with van der Waals surface area (Å²) < 4.78 is 16.9. The highest BCUT2D eigenvalue weighted by Gasteiger charge is 2.19. The zero-order valence-corrected chi connectivity index (χ0v) is 52.8. The van der Waals surface area contributed by atoms with Crippen molar-refractivity contribution < 1.29 is 28.6 Å². The molecule has 0 aliphatic carbocycles. The molecule has 0 rings (SSSR count). The molecular formula is C74H128O6. The van der Waals surface area contributed by atoms with Gasteiger partial charge in [-0.05, 0) is 89.9 Å². The van der Waals surface area contributed by atoms with Gasteiger partial charge in [0, 0.05) is 19.3 Å². The molecule has 0 fully saturated rings. The monoisotopic (exact) mass is 1110 g/mol. The summed E-state index contributed by atoms with van der Waals surface area (Å²) >= 11 is 0. The van der Waals surface area contributed by atoms with E-state index in [1.807, 2.05) is 0 Å². The van der Waals surface area contributed by atoms with Gasteiger partial charge >= 0.3 is 17.9 Å². The van der Waals surface area contributed by atoms with Crippen molar-refractivity contribution in [2.75, 3.05) is 13.2 Å². The van der Waals surface area contributed by atoms with Crippen LogP contribution in [-0.2, 0) is 28.6 Å². The number of hydrogen-bond donors (Lipinski definition) is 0. The molecule has 0 aliphatic heterocycles. The molecule has 0 aromatic carbocycles. The molecule has 0 saturated carbocycles. The second-order valence-electron chi connectivity index (χ2n) is 22.7. The molecule has 460 valence electrons. The lowest BCUT2D eigenvalue weighted by molar-refractivity contribution is -0.167. The van der Waals surface area contributed by atoms with Crippen LogP contribution in [0.25, 0.3) is 0 Å². The van der Waals surface area contributed by atoms with E-state index in [9.17, 15) is 14.4 Å². The number of carbonyl (C=O) groups is 3. The fourth-order valence-electron chi connectivity index (χ4n) is 9.73. The van der Waals surface area contributed by atoms with E-state index < -0.39 is 6.10 Å². The third-order valence-corrected chi connectivity index (χ3v) is 14.8. The van der Waals surface area contributed by atoms with Gasteiger partial charge in [-0.3, -0.25) is 14.4 Å². The van der Waals surface area contributed by atoms with Crippen molar-refractivity contribution in [3.05, 3.63) is 97.2 Å². The van der Waals surface area contributed by atoms with Crippen LogP contribution < -0.4 is 0 Å². The lowest BCUT2D eigenvalue weighted by Crippen LogP contribution is -2.30. The largest absolute Gasteiger partial charge is 0.462 e. The van der Waals surface area contributed by atoms with Gasteiger partial charge in [0.2, 0.25) is 0 Å². The molecule has 0 bridgehead atoms. The average molecular weight is 1110 g/mol. The summed E-state index contributed by atoms with van der Waals surface area (Å²) in [6.07, 6.45) is 91.8. The van der Waals surface area contributed by atoms with Crippen molar-refractivity contribution in [2.45, 2.75) is 341 Å². The van der Waals surface area contributed by atoms with Crippen LogP contribution in [-0.4, -0.2) is 37.2 Å². The van der Waals surface area contributed by atoms with E-state index in [1.54, 1.807) is 0 Å². The maximum atomic E-state index is 12.9. The van der Waals surface area contributed by atoms with Crippen molar-refractivity contribution in [3.63, 3.8) is 0 Å². The van der Waals surface area contributed by atoms with Gasteiger partial charge in [-0.25, -0.2) is 0 Å². The molecular weight excluding hydrogens is 985 g/mol. The Morgan fingerprint density at radius 2 is 0.525 bits per heavy atom. The summed E-state index contributed by atoms with van der Waals surface area (Å²) in [7, 11) is 0. The second kappa shape index (κ2) is 67.8. The molecule has 0 saturated heterocycles. The quantitative estimate of drug-likeness (QED) is 0.0261. The van der Waals surface area contributed by atoms with E-state index in [4.69, 9.17) is 14.2 Å². The molecule has 0 aliphatic rings. The van der Waals surface area contributed by atoms with Crippen LogP contribution in [0.3, 0.4) is 0 Å². The van der Waals surface area contributed by atoms with Crippen LogP contribution in [0, 0.1) is 0 Å². The minimum atomic E-state index is -0.812. The molecule has 6 heteroatoms. The Bertz CT molecular complexity index is 1560. The number of hydrogen-bond acceptors (Lipinski definition) is 6. The normalized spacial score (nSPS) is 12.7. The maximum Gasteiger partial charge on any atom is 0.306 e. The van der Waals surface area contributed by atoms with Crippen molar-refractivity contribution >= 4 is 17.9 Å². The first kappa shape index (κ1) is 76.3. The minimum Gasteiger partial charge on any atom is -0.462 e. The molecule has 80 heavy (non-hydrogen) atoms. The fourth-order valence-corrected chi connectivity index (χ4v) is 9.73. The zero-order valence-electron chi connectivity index (χ0n) is 52.8. The van der Waals surface area contributed by atoms with E-state index in [0.29, 0.717) is 19.3 Å². The van der Waals surface area contributed by atoms with E-state index in [1.165, 1.54) is 180 Å². The SMILES string of the molecule is CC/C=C\C/C=C\C/C=C\C/C=C\C/C=C\C/C=C\C/C=C\CCCC(=O)OC(COC(=O)CCCCCCC/C=C\CCC)COC(=O)CCCCCCCCCCCCCCCCCCCCCCCCCCCCCCC. The Morgan fingerprint density at radius 1 is 0.263 bits per heavy atom. The number of carbonyl (C=O) groups excluding carboxylic acids is 3. The minimum absolute atomic E-state index is 0.101. The fraction of sp³-hybridized carbons (Fsp3) is 0.743. The predicted octanol–water partition coefficient (Wildman–Crippen LogP) is 23.6. The van der Waals surface area contributed by atoms with Crippen LogP contribution in [0.5, 0.6) is 0 Å². The Balaban J connectivity index is 4.24. The van der Waals surface area contributed by atoms with Crippen molar-refractivity contribution in [1.82, 2.24) is 0 Å². The average Bonchev–Trinajstić information content (AvgIpc) is 3.46. The molecule has 1 unspecified atom stereocenters. The van der Waals surface area contributed by atoms with Crippen molar-refractivity contribution in [3.8, 4) is 0 Å². The van der Waals surface area contributed by atoms with Gasteiger partial charge < -0.3 is 14.2 Å². The molecule has 0 aromatic heterocycles. The summed E-state index contributed by atoms with van der Waals surface area (Å²) in [5.41, 5.74) is 0. The third-order valence-electron chi connectivity index (χ3n) is 14.8. The Hall–Kier alpha value is -3.67. The number of unbranched alkanes of at least 4 members (excludes halogenated alkanes) is 35. The second-order valence-corrected chi connectivity index (χ2v) is 22.7. The Kier molecular flexibility index (Phi) is 64.7. The lowest BCUT2D eigenvalue weighted by Gasteiger charge is -2.18. The smallest absolute Gasteiger partial charge is 0.306 e. The number of esters is 3. The predicted molar refractivity (Wildman–Crippen MR) is 348 cm³/mol. The van der Waals surface area contributed by atoms with Crippen LogP contribution in [0.4, 0.5) is 0 Å². The molecule has 0 amide bonds. The summed E-state index contributed by atoms with van der Waals surface area (Å²) in [5.74, 6) is -0.962. The molecule has 0 radical (unpaired) electrons. The summed E-state index contributed by atoms with van der Waals surface area (Å²) in [6.45, 7) is 6.45. The summed E-state index contributed by atoms with van der Waals surface area (Å²) in [4.78, 5) is 38.2. The topological polar surface area (TPSA) is 78.9 Å². The van der Waals surface area contributed by atoms with Crippen LogP contribution in [0.15, 0.2) is 97.2 Å². The summed E-state index contributed by atoms with van der Waals surface area (Å²) in [5, 5.41) is 0. The van der Waals surface area contributed by atoms with E-state index in [2.05, 4.69) is 118 Å². The van der Waals surface area contributed by atoms with Gasteiger partial charge in [-0.15, -0.1) is 0 Å². The molecule has 0 heterocycles. The molecule has 1 atom stereocenters. The van der Waals surface area contributed by atoms with Gasteiger partial charge in [0.15, 0.2) is 6.10 Å². The van der Waals surface area contributed by atoms with Crippen molar-refractivity contribution in [1.29, 1.82) is 0 Å². The van der Waals surface area contributed by atoms with Crippen LogP contribution in [0.1, 0.15) is 335 Å². The standard InChI is InChI=1S/C74H128O6/c1-4-7-10-13-16-19-22-24-26-28-30-32-34-35-36-37-38-39-41-42-44-46-48-50-52-55-58-61-64-67-73(76)79-70-71(69-78-72(75)66-63-60-57-54-21-18-15-12-9-6-3)80-74(77)68-65-62-59-56-53-51-49-47-45-43-40-33-31-29-27-25-23-20-17-14-11-8-5-2/h8,11-12,15,17,20,25,27,31,33,43,45,49,51,56,59,71H,4-7,9-10,13-14,16,18-19,21-24,26,28-30,32,34-42,44,46-48,50,52-55,57-58,60-70H2,1-3H3/b11-8-,15-12-,20-17-,27-25-,33-31-,45-43-,51-49-,59-56-. The first-order chi connectivity index (χ1) is 39.5. The van der Waals surface area contributed by atoms with Gasteiger partial charge in [-0.1, -0.05) is 323 Å². The highest BCUT2D eigenvalue weighted by Crippen LogP contribution is 2.18.